The number of nitrogens with zero attached hydrogens (tertiary/aromatic N) is 1. The number of halogens is 1. The van der Waals surface area contributed by atoms with Crippen molar-refractivity contribution in [2.45, 2.75) is 12.8 Å². The molecular formula is C8H11FN2. The largest absolute Gasteiger partial charge is 0.330 e. The third-order valence-corrected chi connectivity index (χ3v) is 1.43. The summed E-state index contributed by atoms with van der Waals surface area (Å²) in [5.41, 5.74) is 6.20. The van der Waals surface area contributed by atoms with E-state index in [1.54, 1.807) is 6.07 Å². The van der Waals surface area contributed by atoms with Crippen molar-refractivity contribution >= 4 is 0 Å². The highest BCUT2D eigenvalue weighted by Gasteiger charge is 1.93. The Morgan fingerprint density at radius 3 is 2.82 bits per heavy atom. The van der Waals surface area contributed by atoms with Crippen molar-refractivity contribution in [2.75, 3.05) is 6.54 Å². The van der Waals surface area contributed by atoms with Gasteiger partial charge in [0.25, 0.3) is 0 Å². The molecule has 0 bridgehead atoms. The van der Waals surface area contributed by atoms with Crippen molar-refractivity contribution in [1.29, 1.82) is 0 Å². The van der Waals surface area contributed by atoms with Crippen LogP contribution in [0.2, 0.25) is 0 Å². The second-order valence-corrected chi connectivity index (χ2v) is 2.36. The van der Waals surface area contributed by atoms with Crippen molar-refractivity contribution in [2.24, 2.45) is 5.73 Å². The van der Waals surface area contributed by atoms with E-state index in [2.05, 4.69) is 4.98 Å². The summed E-state index contributed by atoms with van der Waals surface area (Å²) in [6.45, 7) is 0.652. The molecule has 1 heterocycles. The second kappa shape index (κ2) is 4.03. The fraction of sp³-hybridized carbons (Fsp3) is 0.375. The standard InChI is InChI=1S/C8H11FN2/c9-7-3-4-8(11-6-7)2-1-5-10/h3-4,6H,1-2,5,10H2. The zero-order valence-electron chi connectivity index (χ0n) is 6.26. The van der Waals surface area contributed by atoms with Gasteiger partial charge < -0.3 is 5.73 Å². The molecule has 0 atom stereocenters. The fourth-order valence-electron chi connectivity index (χ4n) is 0.838. The van der Waals surface area contributed by atoms with Crippen molar-refractivity contribution in [3.05, 3.63) is 29.8 Å². The summed E-state index contributed by atoms with van der Waals surface area (Å²) in [7, 11) is 0. The first-order valence-electron chi connectivity index (χ1n) is 3.63. The van der Waals surface area contributed by atoms with E-state index in [0.717, 1.165) is 18.5 Å². The first-order chi connectivity index (χ1) is 5.33. The first kappa shape index (κ1) is 8.14. The van der Waals surface area contributed by atoms with Crippen LogP contribution >= 0.6 is 0 Å². The van der Waals surface area contributed by atoms with Crippen LogP contribution in [0.3, 0.4) is 0 Å². The van der Waals surface area contributed by atoms with Gasteiger partial charge in [-0.05, 0) is 31.5 Å². The smallest absolute Gasteiger partial charge is 0.141 e. The Kier molecular flexibility index (Phi) is 2.98. The van der Waals surface area contributed by atoms with E-state index < -0.39 is 0 Å². The number of aromatic nitrogens is 1. The molecule has 1 aromatic heterocycles. The van der Waals surface area contributed by atoms with Crippen LogP contribution in [0.5, 0.6) is 0 Å². The summed E-state index contributed by atoms with van der Waals surface area (Å²) in [5.74, 6) is -0.290. The molecular weight excluding hydrogens is 143 g/mol. The molecule has 2 N–H and O–H groups in total. The normalized spacial score (nSPS) is 10.0. The van der Waals surface area contributed by atoms with Gasteiger partial charge in [0.15, 0.2) is 0 Å². The summed E-state index contributed by atoms with van der Waals surface area (Å²) < 4.78 is 12.3. The molecule has 0 aliphatic rings. The average Bonchev–Trinajstić information content (AvgIpc) is 2.04. The van der Waals surface area contributed by atoms with Crippen molar-refractivity contribution in [3.63, 3.8) is 0 Å². The van der Waals surface area contributed by atoms with E-state index in [1.807, 2.05) is 0 Å². The van der Waals surface area contributed by atoms with Crippen molar-refractivity contribution in [1.82, 2.24) is 4.98 Å². The summed E-state index contributed by atoms with van der Waals surface area (Å²) >= 11 is 0. The SMILES string of the molecule is NCCCc1ccc(F)cn1. The molecule has 0 aliphatic heterocycles. The highest BCUT2D eigenvalue weighted by molar-refractivity contribution is 5.05. The highest BCUT2D eigenvalue weighted by atomic mass is 19.1. The predicted molar refractivity (Wildman–Crippen MR) is 41.6 cm³/mol. The minimum atomic E-state index is -0.290. The maximum atomic E-state index is 12.3. The Morgan fingerprint density at radius 2 is 2.27 bits per heavy atom. The van der Waals surface area contributed by atoms with Crippen LogP contribution in [0.25, 0.3) is 0 Å². The van der Waals surface area contributed by atoms with Crippen LogP contribution in [-0.2, 0) is 6.42 Å². The Labute approximate surface area is 65.3 Å². The Bertz CT molecular complexity index is 208. The van der Waals surface area contributed by atoms with Crippen molar-refractivity contribution < 1.29 is 4.39 Å². The van der Waals surface area contributed by atoms with E-state index >= 15 is 0 Å². The molecule has 60 valence electrons. The quantitative estimate of drug-likeness (QED) is 0.708. The summed E-state index contributed by atoms with van der Waals surface area (Å²) in [6.07, 6.45) is 2.96. The average molecular weight is 154 g/mol. The lowest BCUT2D eigenvalue weighted by Gasteiger charge is -1.96. The van der Waals surface area contributed by atoms with E-state index in [1.165, 1.54) is 12.3 Å². The second-order valence-electron chi connectivity index (χ2n) is 2.36. The van der Waals surface area contributed by atoms with Crippen LogP contribution in [0.1, 0.15) is 12.1 Å². The van der Waals surface area contributed by atoms with Gasteiger partial charge in [-0.15, -0.1) is 0 Å². The maximum absolute atomic E-state index is 12.3. The molecule has 0 fully saturated rings. The number of rotatable bonds is 3. The predicted octanol–water partition coefficient (Wildman–Crippen LogP) is 1.11. The zero-order chi connectivity index (χ0) is 8.10. The van der Waals surface area contributed by atoms with E-state index in [4.69, 9.17) is 5.73 Å². The molecule has 0 radical (unpaired) electrons. The Hall–Kier alpha value is -0.960. The Morgan fingerprint density at radius 1 is 1.45 bits per heavy atom. The van der Waals surface area contributed by atoms with Gasteiger partial charge in [-0.2, -0.15) is 0 Å². The summed E-state index contributed by atoms with van der Waals surface area (Å²) in [6, 6.07) is 3.10. The molecule has 0 unspecified atom stereocenters. The molecule has 1 aromatic rings. The van der Waals surface area contributed by atoms with Gasteiger partial charge >= 0.3 is 0 Å². The maximum Gasteiger partial charge on any atom is 0.141 e. The summed E-state index contributed by atoms with van der Waals surface area (Å²) in [4.78, 5) is 3.89. The minimum absolute atomic E-state index is 0.290. The Balaban J connectivity index is 2.52. The minimum Gasteiger partial charge on any atom is -0.330 e. The van der Waals surface area contributed by atoms with Crippen molar-refractivity contribution in [3.8, 4) is 0 Å². The van der Waals surface area contributed by atoms with Gasteiger partial charge in [-0.1, -0.05) is 0 Å². The van der Waals surface area contributed by atoms with E-state index in [9.17, 15) is 4.39 Å². The van der Waals surface area contributed by atoms with Gasteiger partial charge in [0.2, 0.25) is 0 Å². The first-order valence-corrected chi connectivity index (χ1v) is 3.63. The number of aryl methyl sites for hydroxylation is 1. The van der Waals surface area contributed by atoms with E-state index in [0.29, 0.717) is 6.54 Å². The molecule has 0 saturated heterocycles. The molecule has 11 heavy (non-hydrogen) atoms. The molecule has 0 amide bonds. The summed E-state index contributed by atoms with van der Waals surface area (Å²) in [5, 5.41) is 0. The van der Waals surface area contributed by atoms with Crippen LogP contribution in [-0.4, -0.2) is 11.5 Å². The molecule has 0 spiro atoms. The lowest BCUT2D eigenvalue weighted by molar-refractivity contribution is 0.618. The molecule has 0 aromatic carbocycles. The van der Waals surface area contributed by atoms with Crippen LogP contribution in [0, 0.1) is 5.82 Å². The van der Waals surface area contributed by atoms with Crippen LogP contribution in [0.15, 0.2) is 18.3 Å². The number of nitrogens with two attached hydrogens (primary N) is 1. The topological polar surface area (TPSA) is 38.9 Å². The van der Waals surface area contributed by atoms with Crippen LogP contribution < -0.4 is 5.73 Å². The molecule has 3 heteroatoms. The zero-order valence-corrected chi connectivity index (χ0v) is 6.26. The number of hydrogen-bond donors (Lipinski definition) is 1. The molecule has 1 rings (SSSR count). The third-order valence-electron chi connectivity index (χ3n) is 1.43. The van der Waals surface area contributed by atoms with Gasteiger partial charge in [-0.25, -0.2) is 4.39 Å². The van der Waals surface area contributed by atoms with Gasteiger partial charge in [0, 0.05) is 5.69 Å². The molecule has 2 nitrogen and oxygen atoms in total. The van der Waals surface area contributed by atoms with Gasteiger partial charge in [0.05, 0.1) is 6.20 Å². The molecule has 0 saturated carbocycles. The third kappa shape index (κ3) is 2.63. The number of pyridine rings is 1. The van der Waals surface area contributed by atoms with E-state index in [-0.39, 0.29) is 5.82 Å². The lowest BCUT2D eigenvalue weighted by Crippen LogP contribution is -2.01. The van der Waals surface area contributed by atoms with Crippen LogP contribution in [0.4, 0.5) is 4.39 Å². The van der Waals surface area contributed by atoms with Gasteiger partial charge in [0.1, 0.15) is 5.82 Å². The van der Waals surface area contributed by atoms with Gasteiger partial charge in [-0.3, -0.25) is 4.98 Å². The fourth-order valence-corrected chi connectivity index (χ4v) is 0.838. The lowest BCUT2D eigenvalue weighted by atomic mass is 10.2. The number of hydrogen-bond acceptors (Lipinski definition) is 2. The monoisotopic (exact) mass is 154 g/mol. The molecule has 0 aliphatic carbocycles. The highest BCUT2D eigenvalue weighted by Crippen LogP contribution is 2.00.